The van der Waals surface area contributed by atoms with Crippen molar-refractivity contribution in [2.24, 2.45) is 0 Å². The van der Waals surface area contributed by atoms with Crippen molar-refractivity contribution in [2.45, 2.75) is 62.9 Å². The largest absolute Gasteiger partial charge is 0.468 e. The molecular weight excluding hydrogens is 282 g/mol. The molecule has 2 unspecified atom stereocenters. The van der Waals surface area contributed by atoms with Crippen molar-refractivity contribution in [3.8, 4) is 0 Å². The van der Waals surface area contributed by atoms with Crippen LogP contribution < -0.4 is 5.32 Å². The minimum absolute atomic E-state index is 0.0630. The van der Waals surface area contributed by atoms with Gasteiger partial charge in [-0.25, -0.2) is 0 Å². The topological polar surface area (TPSA) is 128 Å². The third-order valence-corrected chi connectivity index (χ3v) is 3.59. The summed E-state index contributed by atoms with van der Waals surface area (Å²) in [4.78, 5) is 11.5. The molecule has 5 N–H and O–H groups in total. The molecule has 0 amide bonds. The van der Waals surface area contributed by atoms with E-state index in [0.717, 1.165) is 0 Å². The summed E-state index contributed by atoms with van der Waals surface area (Å²) in [5.41, 5.74) is 0. The quantitative estimate of drug-likeness (QED) is 0.348. The van der Waals surface area contributed by atoms with Gasteiger partial charge in [0, 0.05) is 6.04 Å². The molecule has 1 fully saturated rings. The van der Waals surface area contributed by atoms with E-state index in [1.807, 2.05) is 0 Å². The first-order valence-electron chi connectivity index (χ1n) is 6.95. The molecule has 7 atom stereocenters. The van der Waals surface area contributed by atoms with Crippen LogP contribution in [-0.2, 0) is 14.3 Å². The molecule has 0 saturated carbocycles. The lowest BCUT2D eigenvalue weighted by molar-refractivity contribution is -0.189. The van der Waals surface area contributed by atoms with E-state index in [-0.39, 0.29) is 12.6 Å². The fraction of sp³-hybridized carbons (Fsp3) is 0.923. The van der Waals surface area contributed by atoms with Crippen LogP contribution >= 0.6 is 0 Å². The lowest BCUT2D eigenvalue weighted by atomic mass is 9.95. The van der Waals surface area contributed by atoms with Crippen molar-refractivity contribution in [1.82, 2.24) is 5.32 Å². The number of esters is 1. The Morgan fingerprint density at radius 1 is 1.33 bits per heavy atom. The Hall–Kier alpha value is -0.770. The van der Waals surface area contributed by atoms with Gasteiger partial charge in [-0.2, -0.15) is 0 Å². The standard InChI is InChI=1S/C13H25NO7/c1-6(14-10(7(2)15)13(19)20-3)4-9-12(18)11(17)8(16)5-21-9/h6-12,14-18H,4-5H2,1-3H3/t6?,7?,8-,9+,10+,11+,12+/m1/s1. The number of rotatable bonds is 6. The van der Waals surface area contributed by atoms with Crippen LogP contribution in [0.1, 0.15) is 20.3 Å². The number of hydrogen-bond donors (Lipinski definition) is 5. The number of carbonyl (C=O) groups excluding carboxylic acids is 1. The van der Waals surface area contributed by atoms with Crippen LogP contribution in [0.2, 0.25) is 0 Å². The lowest BCUT2D eigenvalue weighted by Gasteiger charge is -2.37. The Bertz CT molecular complexity index is 338. The summed E-state index contributed by atoms with van der Waals surface area (Å²) < 4.78 is 9.90. The number of aliphatic hydroxyl groups is 4. The van der Waals surface area contributed by atoms with E-state index in [9.17, 15) is 25.2 Å². The van der Waals surface area contributed by atoms with E-state index in [1.54, 1.807) is 6.92 Å². The highest BCUT2D eigenvalue weighted by molar-refractivity contribution is 5.76. The minimum atomic E-state index is -1.26. The molecular formula is C13H25NO7. The Morgan fingerprint density at radius 2 is 1.95 bits per heavy atom. The Balaban J connectivity index is 2.56. The molecule has 0 aliphatic carbocycles. The van der Waals surface area contributed by atoms with E-state index in [4.69, 9.17) is 4.74 Å². The molecule has 0 bridgehead atoms. The zero-order chi connectivity index (χ0) is 16.2. The fourth-order valence-corrected chi connectivity index (χ4v) is 2.33. The maximum absolute atomic E-state index is 11.5. The van der Waals surface area contributed by atoms with Gasteiger partial charge in [0.15, 0.2) is 0 Å². The highest BCUT2D eigenvalue weighted by Crippen LogP contribution is 2.19. The highest BCUT2D eigenvalue weighted by atomic mass is 16.5. The van der Waals surface area contributed by atoms with Gasteiger partial charge in [0.1, 0.15) is 24.4 Å². The summed E-state index contributed by atoms with van der Waals surface area (Å²) in [6.45, 7) is 3.16. The number of ether oxygens (including phenoxy) is 2. The van der Waals surface area contributed by atoms with Gasteiger partial charge in [0.2, 0.25) is 0 Å². The summed E-state index contributed by atoms with van der Waals surface area (Å²) >= 11 is 0. The van der Waals surface area contributed by atoms with Crippen molar-refractivity contribution in [3.63, 3.8) is 0 Å². The molecule has 0 aromatic heterocycles. The van der Waals surface area contributed by atoms with Crippen molar-refractivity contribution in [3.05, 3.63) is 0 Å². The van der Waals surface area contributed by atoms with Crippen LogP contribution in [0.25, 0.3) is 0 Å². The molecule has 0 radical (unpaired) electrons. The summed E-state index contributed by atoms with van der Waals surface area (Å²) in [6, 6.07) is -1.17. The van der Waals surface area contributed by atoms with Crippen molar-refractivity contribution in [1.29, 1.82) is 0 Å². The van der Waals surface area contributed by atoms with Gasteiger partial charge in [-0.1, -0.05) is 0 Å². The third kappa shape index (κ3) is 4.87. The summed E-state index contributed by atoms with van der Waals surface area (Å²) in [5, 5.41) is 41.3. The zero-order valence-electron chi connectivity index (χ0n) is 12.5. The first-order chi connectivity index (χ1) is 9.77. The van der Waals surface area contributed by atoms with E-state index in [1.165, 1.54) is 14.0 Å². The zero-order valence-corrected chi connectivity index (χ0v) is 12.5. The molecule has 8 heteroatoms. The van der Waals surface area contributed by atoms with Crippen LogP contribution in [-0.4, -0.2) is 82.7 Å². The van der Waals surface area contributed by atoms with Crippen LogP contribution in [0.15, 0.2) is 0 Å². The summed E-state index contributed by atoms with van der Waals surface area (Å²) in [6.07, 6.45) is -4.89. The number of methoxy groups -OCH3 is 1. The van der Waals surface area contributed by atoms with Gasteiger partial charge in [0.25, 0.3) is 0 Å². The average Bonchev–Trinajstić information content (AvgIpc) is 2.44. The minimum Gasteiger partial charge on any atom is -0.468 e. The monoisotopic (exact) mass is 307 g/mol. The van der Waals surface area contributed by atoms with Gasteiger partial charge < -0.3 is 29.9 Å². The maximum atomic E-state index is 11.5. The van der Waals surface area contributed by atoms with E-state index < -0.39 is 42.5 Å². The molecule has 124 valence electrons. The summed E-state index contributed by atoms with van der Waals surface area (Å²) in [5.74, 6) is -0.586. The molecule has 1 rings (SSSR count). The van der Waals surface area contributed by atoms with Gasteiger partial charge in [-0.3, -0.25) is 10.1 Å². The van der Waals surface area contributed by atoms with E-state index in [0.29, 0.717) is 6.42 Å². The normalized spacial score (nSPS) is 34.0. The Labute approximate surface area is 123 Å². The number of nitrogens with one attached hydrogen (secondary N) is 1. The first kappa shape index (κ1) is 18.3. The molecule has 1 aliphatic rings. The van der Waals surface area contributed by atoms with Gasteiger partial charge in [0.05, 0.1) is 25.9 Å². The second-order valence-electron chi connectivity index (χ2n) is 5.47. The number of aliphatic hydroxyl groups excluding tert-OH is 4. The molecule has 1 heterocycles. The fourth-order valence-electron chi connectivity index (χ4n) is 2.33. The smallest absolute Gasteiger partial charge is 0.325 e. The maximum Gasteiger partial charge on any atom is 0.325 e. The molecule has 0 aromatic carbocycles. The van der Waals surface area contributed by atoms with E-state index in [2.05, 4.69) is 10.1 Å². The molecule has 8 nitrogen and oxygen atoms in total. The molecule has 1 aliphatic heterocycles. The van der Waals surface area contributed by atoms with E-state index >= 15 is 0 Å². The highest BCUT2D eigenvalue weighted by Gasteiger charge is 2.38. The van der Waals surface area contributed by atoms with Crippen molar-refractivity contribution in [2.75, 3.05) is 13.7 Å². The van der Waals surface area contributed by atoms with Crippen LogP contribution in [0.4, 0.5) is 0 Å². The summed E-state index contributed by atoms with van der Waals surface area (Å²) in [7, 11) is 1.23. The predicted molar refractivity (Wildman–Crippen MR) is 72.5 cm³/mol. The number of hydrogen-bond acceptors (Lipinski definition) is 8. The van der Waals surface area contributed by atoms with Crippen LogP contribution in [0.3, 0.4) is 0 Å². The van der Waals surface area contributed by atoms with Gasteiger partial charge in [-0.05, 0) is 20.3 Å². The molecule has 21 heavy (non-hydrogen) atoms. The predicted octanol–water partition coefficient (Wildman–Crippen LogP) is -2.24. The SMILES string of the molecule is COC(=O)[C@@H](NC(C)C[C@@H]1OC[C@@H](O)[C@H](O)[C@H]1O)C(C)O. The molecule has 0 spiro atoms. The first-order valence-corrected chi connectivity index (χ1v) is 6.95. The van der Waals surface area contributed by atoms with Crippen molar-refractivity contribution < 1.29 is 34.7 Å². The van der Waals surface area contributed by atoms with Crippen LogP contribution in [0.5, 0.6) is 0 Å². The second kappa shape index (κ2) is 8.02. The van der Waals surface area contributed by atoms with Crippen molar-refractivity contribution >= 4 is 5.97 Å². The van der Waals surface area contributed by atoms with Gasteiger partial charge in [-0.15, -0.1) is 0 Å². The van der Waals surface area contributed by atoms with Crippen LogP contribution in [0, 0.1) is 0 Å². The molecule has 1 saturated heterocycles. The lowest BCUT2D eigenvalue weighted by Crippen LogP contribution is -2.55. The third-order valence-electron chi connectivity index (χ3n) is 3.59. The van der Waals surface area contributed by atoms with Gasteiger partial charge >= 0.3 is 5.97 Å². The average molecular weight is 307 g/mol. The second-order valence-corrected chi connectivity index (χ2v) is 5.47. The Morgan fingerprint density at radius 3 is 2.48 bits per heavy atom. The molecule has 0 aromatic rings. The number of carbonyl (C=O) groups is 1. The Kier molecular flexibility index (Phi) is 6.98.